The summed E-state index contributed by atoms with van der Waals surface area (Å²) < 4.78 is 6.12. The maximum atomic E-state index is 13.3. The molecule has 4 saturated carbocycles. The van der Waals surface area contributed by atoms with Crippen LogP contribution in [0.2, 0.25) is 0 Å². The van der Waals surface area contributed by atoms with Gasteiger partial charge >= 0.3 is 0 Å². The van der Waals surface area contributed by atoms with Crippen LogP contribution in [-0.2, 0) is 14.3 Å². The topological polar surface area (TPSA) is 43.4 Å². The highest BCUT2D eigenvalue weighted by molar-refractivity contribution is 5.95. The lowest BCUT2D eigenvalue weighted by molar-refractivity contribution is -0.165. The molecule has 7 unspecified atom stereocenters. The molecule has 3 nitrogen and oxygen atoms in total. The minimum Gasteiger partial charge on any atom is -0.378 e. The Hall–Kier alpha value is -0.700. The molecule has 3 heteroatoms. The maximum Gasteiger partial charge on any atom is 0.139 e. The Balaban J connectivity index is 1.62. The minimum absolute atomic E-state index is 0.0869. The SMILES string of the molecule is CCCOC1CCC2CCC3C4CCC(=O)C4(C)CC(=O)C3C2(C)C1. The summed E-state index contributed by atoms with van der Waals surface area (Å²) in [5.41, 5.74) is -0.266. The van der Waals surface area contributed by atoms with Gasteiger partial charge in [-0.15, -0.1) is 0 Å². The van der Waals surface area contributed by atoms with Gasteiger partial charge in [-0.3, -0.25) is 9.59 Å². The van der Waals surface area contributed by atoms with Crippen LogP contribution in [0.4, 0.5) is 0 Å². The monoisotopic (exact) mass is 346 g/mol. The van der Waals surface area contributed by atoms with E-state index < -0.39 is 0 Å². The maximum absolute atomic E-state index is 13.3. The standard InChI is InChI=1S/C22H34O3/c1-4-11-25-15-7-5-14-6-8-16-17-9-10-19(24)22(17,3)13-18(23)20(16)21(14,2)12-15/h14-17,20H,4-13H2,1-3H3. The van der Waals surface area contributed by atoms with Crippen molar-refractivity contribution in [2.75, 3.05) is 6.61 Å². The van der Waals surface area contributed by atoms with E-state index in [4.69, 9.17) is 4.74 Å². The Labute approximate surface area is 152 Å². The second-order valence-electron chi connectivity index (χ2n) is 9.82. The van der Waals surface area contributed by atoms with Gasteiger partial charge in [-0.25, -0.2) is 0 Å². The van der Waals surface area contributed by atoms with Crippen LogP contribution < -0.4 is 0 Å². The third-order valence-corrected chi connectivity index (χ3v) is 8.52. The lowest BCUT2D eigenvalue weighted by atomic mass is 9.45. The van der Waals surface area contributed by atoms with Crippen LogP contribution in [0.3, 0.4) is 0 Å². The van der Waals surface area contributed by atoms with Crippen molar-refractivity contribution in [3.05, 3.63) is 0 Å². The number of hydrogen-bond donors (Lipinski definition) is 0. The molecule has 0 aliphatic heterocycles. The fraction of sp³-hybridized carbons (Fsp3) is 0.909. The van der Waals surface area contributed by atoms with E-state index in [9.17, 15) is 9.59 Å². The summed E-state index contributed by atoms with van der Waals surface area (Å²) in [5, 5.41) is 0. The Morgan fingerprint density at radius 2 is 1.84 bits per heavy atom. The molecule has 0 N–H and O–H groups in total. The minimum atomic E-state index is -0.353. The summed E-state index contributed by atoms with van der Waals surface area (Å²) in [7, 11) is 0. The molecule has 140 valence electrons. The van der Waals surface area contributed by atoms with Gasteiger partial charge in [0.05, 0.1) is 6.10 Å². The van der Waals surface area contributed by atoms with Gasteiger partial charge < -0.3 is 4.74 Å². The molecule has 0 radical (unpaired) electrons. The van der Waals surface area contributed by atoms with Crippen molar-refractivity contribution in [1.29, 1.82) is 0 Å². The van der Waals surface area contributed by atoms with E-state index in [2.05, 4.69) is 20.8 Å². The molecule has 4 rings (SSSR count). The van der Waals surface area contributed by atoms with E-state index in [0.29, 0.717) is 48.3 Å². The van der Waals surface area contributed by atoms with Gasteiger partial charge in [-0.1, -0.05) is 20.8 Å². The molecule has 0 heterocycles. The first-order valence-corrected chi connectivity index (χ1v) is 10.6. The van der Waals surface area contributed by atoms with E-state index in [-0.39, 0.29) is 16.7 Å². The van der Waals surface area contributed by atoms with E-state index in [1.165, 1.54) is 12.8 Å². The van der Waals surface area contributed by atoms with Crippen molar-refractivity contribution < 1.29 is 14.3 Å². The van der Waals surface area contributed by atoms with Gasteiger partial charge in [0.2, 0.25) is 0 Å². The number of ether oxygens (including phenoxy) is 1. The highest BCUT2D eigenvalue weighted by atomic mass is 16.5. The van der Waals surface area contributed by atoms with E-state index in [0.717, 1.165) is 38.7 Å². The number of Topliss-reactive ketones (excluding diaryl/α,β-unsaturated/α-hetero) is 2. The number of fused-ring (bicyclic) bond motifs is 5. The normalized spacial score (nSPS) is 49.5. The number of rotatable bonds is 3. The van der Waals surface area contributed by atoms with Crippen LogP contribution in [0, 0.1) is 34.5 Å². The van der Waals surface area contributed by atoms with E-state index in [1.807, 2.05) is 0 Å². The molecule has 4 fully saturated rings. The molecule has 0 aromatic rings. The van der Waals surface area contributed by atoms with Gasteiger partial charge in [-0.05, 0) is 68.1 Å². The molecule has 4 aliphatic rings. The molecule has 7 atom stereocenters. The summed E-state index contributed by atoms with van der Waals surface area (Å²) in [6, 6.07) is 0. The molecule has 4 aliphatic carbocycles. The molecular formula is C22H34O3. The number of carbonyl (C=O) groups is 2. The molecule has 0 aromatic heterocycles. The van der Waals surface area contributed by atoms with Crippen molar-refractivity contribution in [3.63, 3.8) is 0 Å². The number of ketones is 2. The van der Waals surface area contributed by atoms with Gasteiger partial charge in [0, 0.05) is 30.8 Å². The second kappa shape index (κ2) is 6.18. The molecule has 0 aromatic carbocycles. The average Bonchev–Trinajstić information content (AvgIpc) is 2.86. The van der Waals surface area contributed by atoms with Gasteiger partial charge in [0.25, 0.3) is 0 Å². The summed E-state index contributed by atoms with van der Waals surface area (Å²) >= 11 is 0. The van der Waals surface area contributed by atoms with Crippen molar-refractivity contribution >= 4 is 11.6 Å². The zero-order valence-electron chi connectivity index (χ0n) is 16.2. The summed E-state index contributed by atoms with van der Waals surface area (Å²) in [6.45, 7) is 7.46. The molecule has 0 saturated heterocycles. The molecule has 0 amide bonds. The second-order valence-corrected chi connectivity index (χ2v) is 9.82. The van der Waals surface area contributed by atoms with Crippen LogP contribution >= 0.6 is 0 Å². The predicted molar refractivity (Wildman–Crippen MR) is 97.2 cm³/mol. The Morgan fingerprint density at radius 3 is 2.60 bits per heavy atom. The lowest BCUT2D eigenvalue weighted by Crippen LogP contribution is -2.58. The van der Waals surface area contributed by atoms with Crippen LogP contribution in [0.15, 0.2) is 0 Å². The summed E-state index contributed by atoms with van der Waals surface area (Å²) in [5.74, 6) is 2.46. The Bertz CT molecular complexity index is 570. The number of carbonyl (C=O) groups excluding carboxylic acids is 2. The van der Waals surface area contributed by atoms with Crippen molar-refractivity contribution in [1.82, 2.24) is 0 Å². The quantitative estimate of drug-likeness (QED) is 0.751. The first-order valence-electron chi connectivity index (χ1n) is 10.6. The first-order chi connectivity index (χ1) is 11.9. The summed E-state index contributed by atoms with van der Waals surface area (Å²) in [4.78, 5) is 25.8. The highest BCUT2D eigenvalue weighted by Gasteiger charge is 2.63. The zero-order chi connectivity index (χ0) is 17.8. The largest absolute Gasteiger partial charge is 0.378 e. The van der Waals surface area contributed by atoms with Crippen LogP contribution in [0.25, 0.3) is 0 Å². The van der Waals surface area contributed by atoms with Gasteiger partial charge in [-0.2, -0.15) is 0 Å². The van der Waals surface area contributed by atoms with Gasteiger partial charge in [0.1, 0.15) is 11.6 Å². The fourth-order valence-corrected chi connectivity index (χ4v) is 7.33. The molecule has 25 heavy (non-hydrogen) atoms. The van der Waals surface area contributed by atoms with Crippen molar-refractivity contribution in [2.45, 2.75) is 84.7 Å². The summed E-state index contributed by atoms with van der Waals surface area (Å²) in [6.07, 6.45) is 9.41. The van der Waals surface area contributed by atoms with Crippen LogP contribution in [0.1, 0.15) is 78.6 Å². The van der Waals surface area contributed by atoms with Crippen molar-refractivity contribution in [2.24, 2.45) is 34.5 Å². The smallest absolute Gasteiger partial charge is 0.139 e. The van der Waals surface area contributed by atoms with Crippen molar-refractivity contribution in [3.8, 4) is 0 Å². The fourth-order valence-electron chi connectivity index (χ4n) is 7.33. The zero-order valence-corrected chi connectivity index (χ0v) is 16.2. The average molecular weight is 347 g/mol. The van der Waals surface area contributed by atoms with Crippen LogP contribution in [-0.4, -0.2) is 24.3 Å². The molecule has 0 spiro atoms. The van der Waals surface area contributed by atoms with Crippen LogP contribution in [0.5, 0.6) is 0 Å². The van der Waals surface area contributed by atoms with E-state index in [1.54, 1.807) is 0 Å². The molecular weight excluding hydrogens is 312 g/mol. The first kappa shape index (κ1) is 17.7. The van der Waals surface area contributed by atoms with Gasteiger partial charge in [0.15, 0.2) is 0 Å². The highest BCUT2D eigenvalue weighted by Crippen LogP contribution is 2.64. The lowest BCUT2D eigenvalue weighted by Gasteiger charge is -2.59. The number of hydrogen-bond acceptors (Lipinski definition) is 3. The molecule has 0 bridgehead atoms. The Kier molecular flexibility index (Phi) is 4.38. The van der Waals surface area contributed by atoms with E-state index >= 15 is 0 Å². The third kappa shape index (κ3) is 2.56. The third-order valence-electron chi connectivity index (χ3n) is 8.52. The predicted octanol–water partition coefficient (Wildman–Crippen LogP) is 4.57. The Morgan fingerprint density at radius 1 is 1.08 bits per heavy atom.